The maximum absolute atomic E-state index is 12.6. The molecule has 0 aromatic rings. The molecule has 4 heterocycles. The molecule has 59 heavy (non-hydrogen) atoms. The summed E-state index contributed by atoms with van der Waals surface area (Å²) in [7, 11) is 1.47. The smallest absolute Gasteiger partial charge is 0.331 e. The van der Waals surface area contributed by atoms with E-state index >= 15 is 0 Å². The third kappa shape index (κ3) is 7.75. The molecule has 3 saturated heterocycles. The van der Waals surface area contributed by atoms with Crippen molar-refractivity contribution in [3.63, 3.8) is 0 Å². The molecule has 4 aliphatic carbocycles. The number of aliphatic hydroxyl groups is 8. The Labute approximate surface area is 344 Å². The van der Waals surface area contributed by atoms with Crippen LogP contribution in [0.3, 0.4) is 0 Å². The lowest BCUT2D eigenvalue weighted by atomic mass is 9.43. The SMILES string of the molecule is CO[C@H]1C[C@@H](OC[C@H]2O[C@@H](OC[C@@H]3O[C@H](O[C@H]4CC[C@]5(C)[C@@H](CC[C@H]6[C@H]5CC[C@@]5(C)[C@H](C7=CC(=O)OC7)CC[C@]65O)C4)[C@@H](O)[C@H](O)[C@H]3O)[C@H](O)[C@H](O)[C@@H]2O)O[C@H](C)[C@H]1O. The zero-order chi connectivity index (χ0) is 42.2. The zero-order valence-corrected chi connectivity index (χ0v) is 34.5. The lowest BCUT2D eigenvalue weighted by Gasteiger charge is -2.64. The van der Waals surface area contributed by atoms with Crippen molar-refractivity contribution in [1.29, 1.82) is 0 Å². The second-order valence-corrected chi connectivity index (χ2v) is 19.3. The molecule has 17 heteroatoms. The van der Waals surface area contributed by atoms with Crippen LogP contribution < -0.4 is 0 Å². The number of esters is 1. The van der Waals surface area contributed by atoms with E-state index in [9.17, 15) is 45.6 Å². The number of hydrogen-bond donors (Lipinski definition) is 8. The van der Waals surface area contributed by atoms with E-state index in [4.69, 9.17) is 37.9 Å². The van der Waals surface area contributed by atoms with E-state index in [2.05, 4.69) is 13.8 Å². The Hall–Kier alpha value is -1.39. The van der Waals surface area contributed by atoms with Crippen LogP contribution in [0, 0.1) is 34.5 Å². The molecule has 0 spiro atoms. The Morgan fingerprint density at radius 1 is 0.729 bits per heavy atom. The molecular weight excluding hydrogens is 776 g/mol. The molecule has 0 bridgehead atoms. The second-order valence-electron chi connectivity index (χ2n) is 19.3. The van der Waals surface area contributed by atoms with Gasteiger partial charge in [-0.15, -0.1) is 0 Å². The zero-order valence-electron chi connectivity index (χ0n) is 34.5. The van der Waals surface area contributed by atoms with E-state index in [1.165, 1.54) is 7.11 Å². The first-order valence-electron chi connectivity index (χ1n) is 21.7. The van der Waals surface area contributed by atoms with Crippen molar-refractivity contribution in [3.05, 3.63) is 11.6 Å². The summed E-state index contributed by atoms with van der Waals surface area (Å²) in [5.41, 5.74) is -0.156. The van der Waals surface area contributed by atoms with Crippen LogP contribution in [-0.2, 0) is 42.7 Å². The van der Waals surface area contributed by atoms with Crippen LogP contribution in [0.4, 0.5) is 0 Å². The Morgan fingerprint density at radius 2 is 1.41 bits per heavy atom. The highest BCUT2D eigenvalue weighted by molar-refractivity contribution is 5.85. The molecule has 0 aromatic heterocycles. The molecule has 8 N–H and O–H groups in total. The molecule has 4 saturated carbocycles. The lowest BCUT2D eigenvalue weighted by molar-refractivity contribution is -0.342. The normalized spacial score (nSPS) is 53.9. The monoisotopic (exact) mass is 842 g/mol. The quantitative estimate of drug-likeness (QED) is 0.105. The van der Waals surface area contributed by atoms with Gasteiger partial charge in [0.05, 0.1) is 37.1 Å². The van der Waals surface area contributed by atoms with Crippen LogP contribution in [0.2, 0.25) is 0 Å². The highest BCUT2D eigenvalue weighted by Crippen LogP contribution is 2.70. The van der Waals surface area contributed by atoms with E-state index in [0.29, 0.717) is 37.7 Å². The number of cyclic esters (lactones) is 1. The van der Waals surface area contributed by atoms with Crippen LogP contribution in [0.25, 0.3) is 0 Å². The Balaban J connectivity index is 0.861. The predicted octanol–water partition coefficient (Wildman–Crippen LogP) is -0.212. The topological polar surface area (TPSA) is 253 Å². The van der Waals surface area contributed by atoms with Gasteiger partial charge in [-0.1, -0.05) is 13.8 Å². The summed E-state index contributed by atoms with van der Waals surface area (Å²) in [4.78, 5) is 11.9. The fraction of sp³-hybridized carbons (Fsp3) is 0.929. The third-order valence-corrected chi connectivity index (χ3v) is 16.4. The summed E-state index contributed by atoms with van der Waals surface area (Å²) < 4.78 is 46.1. The van der Waals surface area contributed by atoms with Crippen molar-refractivity contribution >= 4 is 5.97 Å². The van der Waals surface area contributed by atoms with Crippen LogP contribution in [-0.4, -0.2) is 171 Å². The van der Waals surface area contributed by atoms with E-state index in [1.807, 2.05) is 0 Å². The highest BCUT2D eigenvalue weighted by Gasteiger charge is 2.68. The highest BCUT2D eigenvalue weighted by atomic mass is 16.7. The van der Waals surface area contributed by atoms with Crippen molar-refractivity contribution < 1.29 is 83.5 Å². The van der Waals surface area contributed by atoms with Gasteiger partial charge in [0.15, 0.2) is 18.9 Å². The number of methoxy groups -OCH3 is 1. The average molecular weight is 843 g/mol. The molecule has 8 rings (SSSR count). The summed E-state index contributed by atoms with van der Waals surface area (Å²) in [5, 5.41) is 87.7. The number of carbonyl (C=O) groups is 1. The standard InChI is InChI=1S/C42H66O17/c1-19-31(44)26(52-4)15-30(56-19)54-17-27-32(45)34(47)36(49)38(58-27)55-18-28-33(46)35(48)37(50)39(59-28)57-22-7-10-40(2)21(14-22)5-6-25-24(40)8-11-41(3)23(9-12-42(25,41)51)20-13-29(43)53-16-20/h13,19,21-28,30-39,44-51H,5-12,14-18H2,1-4H3/t19-,21+,22+,23+,24-,25+,26+,27-,28+,30+,31-,32-,33+,34-,35-,36-,37+,38-,39+,40-,41+,42+/m1/s1. The average Bonchev–Trinajstić information content (AvgIpc) is 3.77. The fourth-order valence-corrected chi connectivity index (χ4v) is 12.8. The van der Waals surface area contributed by atoms with Crippen LogP contribution in [0.5, 0.6) is 0 Å². The van der Waals surface area contributed by atoms with Crippen molar-refractivity contribution in [2.75, 3.05) is 26.9 Å². The second kappa shape index (κ2) is 17.0. The van der Waals surface area contributed by atoms with Gasteiger partial charge in [-0.25, -0.2) is 4.79 Å². The summed E-state index contributed by atoms with van der Waals surface area (Å²) in [6, 6.07) is 0. The first kappa shape index (κ1) is 44.2. The summed E-state index contributed by atoms with van der Waals surface area (Å²) in [6.45, 7) is 5.86. The van der Waals surface area contributed by atoms with Gasteiger partial charge in [0.2, 0.25) is 0 Å². The van der Waals surface area contributed by atoms with Gasteiger partial charge in [0.25, 0.3) is 0 Å². The summed E-state index contributed by atoms with van der Waals surface area (Å²) in [5.74, 6) is 0.615. The minimum atomic E-state index is -1.69. The van der Waals surface area contributed by atoms with Gasteiger partial charge in [-0.2, -0.15) is 0 Å². The van der Waals surface area contributed by atoms with Crippen LogP contribution in [0.1, 0.15) is 85.0 Å². The minimum absolute atomic E-state index is 0.0275. The number of carbonyl (C=O) groups excluding carboxylic acids is 1. The van der Waals surface area contributed by atoms with Gasteiger partial charge in [0.1, 0.15) is 61.5 Å². The largest absolute Gasteiger partial charge is 0.458 e. The predicted molar refractivity (Wildman–Crippen MR) is 202 cm³/mol. The van der Waals surface area contributed by atoms with Crippen molar-refractivity contribution in [2.45, 2.75) is 183 Å². The molecule has 8 aliphatic rings. The maximum Gasteiger partial charge on any atom is 0.331 e. The van der Waals surface area contributed by atoms with Crippen molar-refractivity contribution in [1.82, 2.24) is 0 Å². The number of ether oxygens (including phenoxy) is 8. The molecule has 336 valence electrons. The van der Waals surface area contributed by atoms with Crippen molar-refractivity contribution in [3.8, 4) is 0 Å². The summed E-state index contributed by atoms with van der Waals surface area (Å²) in [6.07, 6.45) is -8.63. The Morgan fingerprint density at radius 3 is 2.08 bits per heavy atom. The first-order chi connectivity index (χ1) is 28.0. The molecule has 0 unspecified atom stereocenters. The minimum Gasteiger partial charge on any atom is -0.458 e. The molecule has 17 nitrogen and oxygen atoms in total. The maximum atomic E-state index is 12.6. The molecule has 4 aliphatic heterocycles. The third-order valence-electron chi connectivity index (χ3n) is 16.4. The van der Waals surface area contributed by atoms with E-state index in [0.717, 1.165) is 44.1 Å². The molecule has 0 aromatic carbocycles. The van der Waals surface area contributed by atoms with Gasteiger partial charge >= 0.3 is 5.97 Å². The number of fused-ring (bicyclic) bond motifs is 5. The number of rotatable bonds is 10. The first-order valence-corrected chi connectivity index (χ1v) is 21.7. The Bertz CT molecular complexity index is 1530. The molecule has 7 fully saturated rings. The molecule has 22 atom stereocenters. The lowest BCUT2D eigenvalue weighted by Crippen LogP contribution is -2.63. The van der Waals surface area contributed by atoms with Crippen LogP contribution >= 0.6 is 0 Å². The van der Waals surface area contributed by atoms with Gasteiger partial charge < -0.3 is 78.7 Å². The van der Waals surface area contributed by atoms with E-state index in [1.54, 1.807) is 13.0 Å². The van der Waals surface area contributed by atoms with Gasteiger partial charge in [-0.3, -0.25) is 0 Å². The molecule has 0 radical (unpaired) electrons. The van der Waals surface area contributed by atoms with E-state index < -0.39 is 98.2 Å². The number of aliphatic hydroxyl groups excluding tert-OH is 7. The summed E-state index contributed by atoms with van der Waals surface area (Å²) >= 11 is 0. The van der Waals surface area contributed by atoms with Crippen molar-refractivity contribution in [2.24, 2.45) is 34.5 Å². The Kier molecular flexibility index (Phi) is 12.7. The fourth-order valence-electron chi connectivity index (χ4n) is 12.8. The molecular formula is C42H66O17. The molecule has 0 amide bonds. The van der Waals surface area contributed by atoms with Gasteiger partial charge in [-0.05, 0) is 99.4 Å². The number of hydrogen-bond acceptors (Lipinski definition) is 17. The van der Waals surface area contributed by atoms with Crippen LogP contribution in [0.15, 0.2) is 11.6 Å². The van der Waals surface area contributed by atoms with E-state index in [-0.39, 0.29) is 47.8 Å². The van der Waals surface area contributed by atoms with Gasteiger partial charge in [0, 0.05) is 25.0 Å².